The van der Waals surface area contributed by atoms with Crippen molar-refractivity contribution in [1.82, 2.24) is 0 Å². The Balaban J connectivity index is 1.72. The third kappa shape index (κ3) is 33.7. The van der Waals surface area contributed by atoms with Crippen LogP contribution in [0, 0.1) is 0 Å². The Bertz CT molecular complexity index is 1610. The standard InChI is InChI=1S/C61H102O14/c1-3-5-7-9-11-13-15-17-19-21-22-23-24-25-26-27-29-31-33-35-37-39-41-43-45-70-47-50(73-53(63)44-42-40-38-36-34-32-30-28-20-18-16-14-12-10-8-6-4-2)48-71-60-59(69)57(67)55(65)52(75-60)49-72-61-58(68)56(66)54(64)51(46-62)74-61/h5-8,11-14,17-20,22-23,25-26,50-52,54-62,64-69H,3-4,9-10,15-16,21,24,27-49H2,1-2H3/b7-5-,8-6-,13-11-,14-12-,19-17-,20-18-,23-22-,26-25-. The van der Waals surface area contributed by atoms with Crippen LogP contribution in [0.3, 0.4) is 0 Å². The van der Waals surface area contributed by atoms with Crippen molar-refractivity contribution in [2.45, 2.75) is 248 Å². The Morgan fingerprint density at radius 3 is 1.29 bits per heavy atom. The quantitative estimate of drug-likeness (QED) is 0.0172. The van der Waals surface area contributed by atoms with E-state index >= 15 is 0 Å². The highest BCUT2D eigenvalue weighted by Gasteiger charge is 2.47. The molecule has 7 N–H and O–H groups in total. The van der Waals surface area contributed by atoms with Gasteiger partial charge in [0.05, 0.1) is 26.4 Å². The van der Waals surface area contributed by atoms with Gasteiger partial charge in [0.25, 0.3) is 0 Å². The second kappa shape index (κ2) is 47.0. The zero-order valence-corrected chi connectivity index (χ0v) is 46.0. The molecule has 2 aliphatic heterocycles. The summed E-state index contributed by atoms with van der Waals surface area (Å²) in [4.78, 5) is 13.1. The highest BCUT2D eigenvalue weighted by atomic mass is 16.7. The Morgan fingerprint density at radius 1 is 0.440 bits per heavy atom. The van der Waals surface area contributed by atoms with Crippen LogP contribution >= 0.6 is 0 Å². The second-order valence-corrected chi connectivity index (χ2v) is 19.7. The maximum atomic E-state index is 13.1. The summed E-state index contributed by atoms with van der Waals surface area (Å²) in [6, 6.07) is 0. The molecule has 2 fully saturated rings. The van der Waals surface area contributed by atoms with E-state index in [0.717, 1.165) is 109 Å². The molecule has 14 nitrogen and oxygen atoms in total. The predicted octanol–water partition coefficient (Wildman–Crippen LogP) is 10.2. The lowest BCUT2D eigenvalue weighted by Crippen LogP contribution is -2.61. The van der Waals surface area contributed by atoms with Crippen LogP contribution in [0.5, 0.6) is 0 Å². The average Bonchev–Trinajstić information content (AvgIpc) is 3.41. The van der Waals surface area contributed by atoms with Gasteiger partial charge in [-0.05, 0) is 89.9 Å². The summed E-state index contributed by atoms with van der Waals surface area (Å²) in [6.45, 7) is 3.42. The maximum absolute atomic E-state index is 13.1. The number of carbonyl (C=O) groups is 1. The molecule has 0 bridgehead atoms. The van der Waals surface area contributed by atoms with Crippen LogP contribution in [0.2, 0.25) is 0 Å². The van der Waals surface area contributed by atoms with E-state index in [1.165, 1.54) is 44.9 Å². The molecule has 0 aromatic heterocycles. The first kappa shape index (κ1) is 68.0. The molecule has 0 spiro atoms. The normalized spacial score (nSPS) is 25.3. The summed E-state index contributed by atoms with van der Waals surface area (Å²) in [5.41, 5.74) is 0. The lowest BCUT2D eigenvalue weighted by atomic mass is 9.98. The van der Waals surface area contributed by atoms with Gasteiger partial charge in [0, 0.05) is 13.0 Å². The Labute approximate surface area is 452 Å². The lowest BCUT2D eigenvalue weighted by Gasteiger charge is -2.42. The minimum absolute atomic E-state index is 0.0454. The van der Waals surface area contributed by atoms with Gasteiger partial charge in [-0.15, -0.1) is 0 Å². The molecule has 0 radical (unpaired) electrons. The van der Waals surface area contributed by atoms with E-state index < -0.39 is 86.7 Å². The summed E-state index contributed by atoms with van der Waals surface area (Å²) < 4.78 is 34.4. The van der Waals surface area contributed by atoms with Crippen LogP contribution in [-0.4, -0.2) is 142 Å². The number of aliphatic hydroxyl groups is 7. The van der Waals surface area contributed by atoms with E-state index in [2.05, 4.69) is 111 Å². The molecule has 0 amide bonds. The molecule has 0 aromatic carbocycles. The highest BCUT2D eigenvalue weighted by Crippen LogP contribution is 2.26. The lowest BCUT2D eigenvalue weighted by molar-refractivity contribution is -0.332. The number of hydrogen-bond acceptors (Lipinski definition) is 14. The van der Waals surface area contributed by atoms with Crippen molar-refractivity contribution in [3.8, 4) is 0 Å². The molecule has 430 valence electrons. The Hall–Kier alpha value is -3.09. The molecule has 0 saturated carbocycles. The van der Waals surface area contributed by atoms with Crippen LogP contribution in [0.1, 0.15) is 181 Å². The summed E-state index contributed by atoms with van der Waals surface area (Å²) in [5.74, 6) is -0.393. The minimum Gasteiger partial charge on any atom is -0.457 e. The SMILES string of the molecule is CC/C=C\C/C=C\C/C=C\C/C=C\C/C=C\CCCCCCCCCCOCC(COC1OC(COC2OC(CO)C(O)C(O)C2O)C(O)C(O)C1O)OC(=O)CCCCCCCCC/C=C\C/C=C\C/C=C\CC. The molecule has 2 heterocycles. The van der Waals surface area contributed by atoms with E-state index in [9.17, 15) is 40.5 Å². The van der Waals surface area contributed by atoms with Gasteiger partial charge >= 0.3 is 5.97 Å². The van der Waals surface area contributed by atoms with Crippen LogP contribution < -0.4 is 0 Å². The van der Waals surface area contributed by atoms with E-state index in [0.29, 0.717) is 13.0 Å². The molecule has 2 aliphatic rings. The molecule has 0 aromatic rings. The number of hydrogen-bond donors (Lipinski definition) is 7. The number of unbranched alkanes of at least 4 members (excludes halogenated alkanes) is 15. The number of aliphatic hydroxyl groups excluding tert-OH is 7. The van der Waals surface area contributed by atoms with Gasteiger partial charge in [0.1, 0.15) is 54.9 Å². The number of carbonyl (C=O) groups excluding carboxylic acids is 1. The van der Waals surface area contributed by atoms with Crippen molar-refractivity contribution >= 4 is 5.97 Å². The van der Waals surface area contributed by atoms with Crippen LogP contribution in [0.4, 0.5) is 0 Å². The third-order valence-electron chi connectivity index (χ3n) is 13.1. The van der Waals surface area contributed by atoms with E-state index in [4.69, 9.17) is 28.4 Å². The first-order valence-electron chi connectivity index (χ1n) is 28.8. The fourth-order valence-electron chi connectivity index (χ4n) is 8.50. The van der Waals surface area contributed by atoms with Crippen molar-refractivity contribution in [1.29, 1.82) is 0 Å². The van der Waals surface area contributed by atoms with Gasteiger partial charge < -0.3 is 64.2 Å². The largest absolute Gasteiger partial charge is 0.457 e. The summed E-state index contributed by atoms with van der Waals surface area (Å²) in [7, 11) is 0. The average molecular weight is 1060 g/mol. The van der Waals surface area contributed by atoms with Gasteiger partial charge in [-0.25, -0.2) is 0 Å². The van der Waals surface area contributed by atoms with Crippen molar-refractivity contribution in [2.24, 2.45) is 0 Å². The third-order valence-corrected chi connectivity index (χ3v) is 13.1. The molecular formula is C61H102O14. The first-order chi connectivity index (χ1) is 36.6. The Kier molecular flexibility index (Phi) is 42.6. The summed E-state index contributed by atoms with van der Waals surface area (Å²) in [6.07, 6.45) is 46.0. The molecule has 14 heteroatoms. The van der Waals surface area contributed by atoms with Gasteiger partial charge in [-0.1, -0.05) is 182 Å². The molecule has 2 rings (SSSR count). The molecule has 0 aliphatic carbocycles. The van der Waals surface area contributed by atoms with Gasteiger partial charge in [0.15, 0.2) is 12.6 Å². The number of ether oxygens (including phenoxy) is 6. The van der Waals surface area contributed by atoms with Crippen molar-refractivity contribution in [3.63, 3.8) is 0 Å². The molecule has 2 saturated heterocycles. The van der Waals surface area contributed by atoms with Crippen LogP contribution in [-0.2, 0) is 33.2 Å². The molecule has 11 atom stereocenters. The molecule has 75 heavy (non-hydrogen) atoms. The van der Waals surface area contributed by atoms with E-state index in [-0.39, 0.29) is 19.6 Å². The second-order valence-electron chi connectivity index (χ2n) is 19.7. The first-order valence-corrected chi connectivity index (χ1v) is 28.8. The smallest absolute Gasteiger partial charge is 0.306 e. The van der Waals surface area contributed by atoms with Crippen molar-refractivity contribution in [2.75, 3.05) is 33.0 Å². The topological polar surface area (TPSA) is 214 Å². The zero-order valence-electron chi connectivity index (χ0n) is 46.0. The summed E-state index contributed by atoms with van der Waals surface area (Å²) >= 11 is 0. The van der Waals surface area contributed by atoms with Gasteiger partial charge in [-0.2, -0.15) is 0 Å². The number of rotatable bonds is 45. The van der Waals surface area contributed by atoms with Crippen LogP contribution in [0.15, 0.2) is 97.2 Å². The number of allylic oxidation sites excluding steroid dienone is 16. The van der Waals surface area contributed by atoms with Crippen molar-refractivity contribution in [3.05, 3.63) is 97.2 Å². The fraction of sp³-hybridized carbons (Fsp3) is 0.721. The fourth-order valence-corrected chi connectivity index (χ4v) is 8.50. The van der Waals surface area contributed by atoms with E-state index in [1.807, 2.05) is 0 Å². The van der Waals surface area contributed by atoms with E-state index in [1.54, 1.807) is 0 Å². The number of esters is 1. The van der Waals surface area contributed by atoms with Gasteiger partial charge in [0.2, 0.25) is 0 Å². The minimum atomic E-state index is -1.72. The maximum Gasteiger partial charge on any atom is 0.306 e. The highest BCUT2D eigenvalue weighted by molar-refractivity contribution is 5.69. The monoisotopic (exact) mass is 1060 g/mol. The predicted molar refractivity (Wildman–Crippen MR) is 298 cm³/mol. The summed E-state index contributed by atoms with van der Waals surface area (Å²) in [5, 5.41) is 72.3. The molecule has 11 unspecified atom stereocenters. The molecular weight excluding hydrogens is 957 g/mol. The van der Waals surface area contributed by atoms with Gasteiger partial charge in [-0.3, -0.25) is 4.79 Å². The van der Waals surface area contributed by atoms with Crippen molar-refractivity contribution < 1.29 is 69.0 Å². The Morgan fingerprint density at radius 2 is 0.827 bits per heavy atom. The van der Waals surface area contributed by atoms with Crippen LogP contribution in [0.25, 0.3) is 0 Å². The zero-order chi connectivity index (χ0) is 54.4.